The van der Waals surface area contributed by atoms with Gasteiger partial charge in [0.15, 0.2) is 5.43 Å². The van der Waals surface area contributed by atoms with Crippen LogP contribution < -0.4 is 5.43 Å². The number of nitriles is 1. The van der Waals surface area contributed by atoms with E-state index in [2.05, 4.69) is 22.6 Å². The van der Waals surface area contributed by atoms with Crippen LogP contribution in [0.25, 0.3) is 28.0 Å². The van der Waals surface area contributed by atoms with Crippen LogP contribution in [-0.4, -0.2) is 48.2 Å². The Bertz CT molecular complexity index is 1470. The molecule has 168 valence electrons. The molecule has 1 fully saturated rings. The normalized spacial score (nSPS) is 15.7. The summed E-state index contributed by atoms with van der Waals surface area (Å²) in [6.45, 7) is 4.77. The van der Waals surface area contributed by atoms with Gasteiger partial charge in [0.2, 0.25) is 5.91 Å². The van der Waals surface area contributed by atoms with Crippen LogP contribution in [0.4, 0.5) is 0 Å². The number of pyridine rings is 3. The van der Waals surface area contributed by atoms with Gasteiger partial charge in [-0.2, -0.15) is 10.4 Å². The summed E-state index contributed by atoms with van der Waals surface area (Å²) >= 11 is 0. The molecule has 0 saturated carbocycles. The maximum absolute atomic E-state index is 12.2. The van der Waals surface area contributed by atoms with Crippen LogP contribution in [0.1, 0.15) is 24.4 Å². The Labute approximate surface area is 195 Å². The molecule has 0 aliphatic carbocycles. The van der Waals surface area contributed by atoms with Gasteiger partial charge in [-0.3, -0.25) is 19.3 Å². The van der Waals surface area contributed by atoms with Crippen molar-refractivity contribution >= 4 is 16.8 Å². The molecule has 4 aromatic rings. The van der Waals surface area contributed by atoms with Crippen molar-refractivity contribution in [2.24, 2.45) is 0 Å². The van der Waals surface area contributed by atoms with Gasteiger partial charge >= 0.3 is 0 Å². The van der Waals surface area contributed by atoms with E-state index in [4.69, 9.17) is 5.10 Å². The molecule has 4 aromatic heterocycles. The van der Waals surface area contributed by atoms with Gasteiger partial charge in [-0.15, -0.1) is 0 Å². The first-order chi connectivity index (χ1) is 16.6. The zero-order chi connectivity index (χ0) is 23.7. The third kappa shape index (κ3) is 3.75. The van der Waals surface area contributed by atoms with E-state index < -0.39 is 0 Å². The number of hydrogen-bond acceptors (Lipinski definition) is 6. The summed E-state index contributed by atoms with van der Waals surface area (Å²) in [5, 5.41) is 15.4. The highest BCUT2D eigenvalue weighted by Gasteiger charge is 2.27. The second-order valence-electron chi connectivity index (χ2n) is 8.12. The monoisotopic (exact) mass is 451 g/mol. The number of amides is 1. The number of carbonyl (C=O) groups excluding carboxylic acids is 1. The number of hydrogen-bond donors (Lipinski definition) is 0. The van der Waals surface area contributed by atoms with Crippen molar-refractivity contribution in [3.05, 3.63) is 83.7 Å². The van der Waals surface area contributed by atoms with Crippen LogP contribution >= 0.6 is 0 Å². The third-order valence-corrected chi connectivity index (χ3v) is 6.04. The van der Waals surface area contributed by atoms with Crippen LogP contribution in [-0.2, 0) is 4.79 Å². The fourth-order valence-corrected chi connectivity index (χ4v) is 4.37. The smallest absolute Gasteiger partial charge is 0.246 e. The van der Waals surface area contributed by atoms with Crippen molar-refractivity contribution in [2.75, 3.05) is 13.1 Å². The summed E-state index contributed by atoms with van der Waals surface area (Å²) in [4.78, 5) is 34.1. The first-order valence-corrected chi connectivity index (χ1v) is 10.9. The predicted octanol–water partition coefficient (Wildman–Crippen LogP) is 2.87. The Morgan fingerprint density at radius 3 is 2.71 bits per heavy atom. The molecule has 9 heteroatoms. The number of carbonyl (C=O) groups is 1. The van der Waals surface area contributed by atoms with Gasteiger partial charge in [0.05, 0.1) is 17.1 Å². The summed E-state index contributed by atoms with van der Waals surface area (Å²) in [5.41, 5.74) is 2.52. The Kier molecular flexibility index (Phi) is 5.47. The maximum atomic E-state index is 12.2. The molecular weight excluding hydrogens is 430 g/mol. The van der Waals surface area contributed by atoms with Gasteiger partial charge in [-0.1, -0.05) is 6.58 Å². The second kappa shape index (κ2) is 8.75. The molecule has 1 aliphatic rings. The van der Waals surface area contributed by atoms with E-state index in [0.29, 0.717) is 35.7 Å². The zero-order valence-corrected chi connectivity index (χ0v) is 18.3. The van der Waals surface area contributed by atoms with Crippen LogP contribution in [0, 0.1) is 11.3 Å². The van der Waals surface area contributed by atoms with Crippen molar-refractivity contribution in [3.63, 3.8) is 0 Å². The molecule has 0 unspecified atom stereocenters. The van der Waals surface area contributed by atoms with Crippen LogP contribution in [0.15, 0.2) is 72.7 Å². The van der Waals surface area contributed by atoms with Crippen molar-refractivity contribution < 1.29 is 4.79 Å². The summed E-state index contributed by atoms with van der Waals surface area (Å²) < 4.78 is 3.62. The average molecular weight is 451 g/mol. The number of fused-ring (bicyclic) bond motifs is 1. The molecule has 0 radical (unpaired) electrons. The third-order valence-electron chi connectivity index (χ3n) is 6.04. The van der Waals surface area contributed by atoms with Gasteiger partial charge in [-0.25, -0.2) is 4.98 Å². The average Bonchev–Trinajstić information content (AvgIpc) is 3.29. The molecule has 0 N–H and O–H groups in total. The molecule has 1 aliphatic heterocycles. The number of nitrogens with zero attached hydrogens (tertiary/aromatic N) is 7. The highest BCUT2D eigenvalue weighted by Crippen LogP contribution is 2.33. The molecular formula is C25H21N7O2. The van der Waals surface area contributed by atoms with Crippen LogP contribution in [0.5, 0.6) is 0 Å². The lowest BCUT2D eigenvalue weighted by Gasteiger charge is -2.32. The van der Waals surface area contributed by atoms with E-state index in [1.165, 1.54) is 24.4 Å². The molecule has 0 bridgehead atoms. The lowest BCUT2D eigenvalue weighted by atomic mass is 10.0. The molecule has 5 heterocycles. The minimum atomic E-state index is -0.106. The molecule has 34 heavy (non-hydrogen) atoms. The summed E-state index contributed by atoms with van der Waals surface area (Å²) in [6, 6.07) is 8.86. The molecule has 0 spiro atoms. The lowest BCUT2D eigenvalue weighted by Crippen LogP contribution is -2.40. The molecule has 0 aromatic carbocycles. The van der Waals surface area contributed by atoms with Gasteiger partial charge in [0, 0.05) is 67.2 Å². The minimum absolute atomic E-state index is 0.0678. The zero-order valence-electron chi connectivity index (χ0n) is 18.3. The van der Waals surface area contributed by atoms with E-state index in [9.17, 15) is 14.9 Å². The second-order valence-corrected chi connectivity index (χ2v) is 8.12. The first-order valence-electron chi connectivity index (χ1n) is 10.9. The first kappa shape index (κ1) is 21.3. The van der Waals surface area contributed by atoms with E-state index in [1.807, 2.05) is 16.8 Å². The number of rotatable bonds is 4. The Hall–Kier alpha value is -4.58. The van der Waals surface area contributed by atoms with E-state index in [0.717, 1.165) is 23.8 Å². The Balaban J connectivity index is 1.58. The molecule has 1 atom stereocenters. The molecule has 1 saturated heterocycles. The van der Waals surface area contributed by atoms with Crippen molar-refractivity contribution in [1.82, 2.24) is 29.2 Å². The minimum Gasteiger partial charge on any atom is -0.337 e. The number of likely N-dealkylation sites (tertiary alicyclic amines) is 1. The standard InChI is InChI=1S/C25H21N7O2/c1-2-23(34)31-9-3-4-19(16-31)32-25-18(12-26)13-27-15-21(25)24(29-32)17-5-6-22(28-14-17)30-10-7-20(33)8-11-30/h2,5-8,10-11,13-15,19H,1,3-4,9,16H2/t19-/m1/s1. The van der Waals surface area contributed by atoms with Crippen LogP contribution in [0.2, 0.25) is 0 Å². The van der Waals surface area contributed by atoms with Crippen molar-refractivity contribution in [2.45, 2.75) is 18.9 Å². The largest absolute Gasteiger partial charge is 0.337 e. The van der Waals surface area contributed by atoms with Gasteiger partial charge in [0.1, 0.15) is 17.6 Å². The van der Waals surface area contributed by atoms with Gasteiger partial charge in [0.25, 0.3) is 0 Å². The summed E-state index contributed by atoms with van der Waals surface area (Å²) in [6.07, 6.45) is 11.3. The Morgan fingerprint density at radius 1 is 1.18 bits per heavy atom. The van der Waals surface area contributed by atoms with E-state index >= 15 is 0 Å². The number of piperidine rings is 1. The Morgan fingerprint density at radius 2 is 2.00 bits per heavy atom. The summed E-state index contributed by atoms with van der Waals surface area (Å²) in [7, 11) is 0. The highest BCUT2D eigenvalue weighted by molar-refractivity contribution is 5.95. The molecule has 9 nitrogen and oxygen atoms in total. The summed E-state index contributed by atoms with van der Waals surface area (Å²) in [5.74, 6) is 0.556. The quantitative estimate of drug-likeness (QED) is 0.441. The molecule has 5 rings (SSSR count). The van der Waals surface area contributed by atoms with E-state index in [-0.39, 0.29) is 17.4 Å². The fraction of sp³-hybridized carbons (Fsp3) is 0.200. The van der Waals surface area contributed by atoms with E-state index in [1.54, 1.807) is 34.3 Å². The SMILES string of the molecule is C=CC(=O)N1CCC[C@@H](n2nc(-c3ccc(-n4ccc(=O)cc4)nc3)c3cncc(C#N)c32)C1. The fourth-order valence-electron chi connectivity index (χ4n) is 4.37. The maximum Gasteiger partial charge on any atom is 0.246 e. The van der Waals surface area contributed by atoms with Crippen molar-refractivity contribution in [3.8, 4) is 23.1 Å². The van der Waals surface area contributed by atoms with Gasteiger partial charge in [-0.05, 0) is 31.1 Å². The molecule has 1 amide bonds. The van der Waals surface area contributed by atoms with Crippen LogP contribution in [0.3, 0.4) is 0 Å². The van der Waals surface area contributed by atoms with Crippen molar-refractivity contribution in [1.29, 1.82) is 5.26 Å². The highest BCUT2D eigenvalue weighted by atomic mass is 16.2. The lowest BCUT2D eigenvalue weighted by molar-refractivity contribution is -0.127. The number of aromatic nitrogens is 5. The topological polar surface area (TPSA) is 110 Å². The predicted molar refractivity (Wildman–Crippen MR) is 126 cm³/mol. The van der Waals surface area contributed by atoms with Gasteiger partial charge < -0.3 is 9.47 Å².